The van der Waals surface area contributed by atoms with Gasteiger partial charge in [-0.3, -0.25) is 9.67 Å². The van der Waals surface area contributed by atoms with Gasteiger partial charge in [-0.2, -0.15) is 5.10 Å². The third-order valence-electron chi connectivity index (χ3n) is 5.78. The smallest absolute Gasteiger partial charge is 0.232 e. The Morgan fingerprint density at radius 2 is 2.00 bits per heavy atom. The number of rotatable bonds is 7. The molecule has 0 saturated heterocycles. The maximum absolute atomic E-state index is 5.85. The first-order valence-corrected chi connectivity index (χ1v) is 11.2. The third kappa shape index (κ3) is 4.08. The van der Waals surface area contributed by atoms with E-state index < -0.39 is 0 Å². The molecule has 164 valence electrons. The van der Waals surface area contributed by atoms with Crippen molar-refractivity contribution in [3.05, 3.63) is 54.0 Å². The van der Waals surface area contributed by atoms with Crippen molar-refractivity contribution < 1.29 is 4.74 Å². The van der Waals surface area contributed by atoms with Crippen LogP contribution in [0, 0.1) is 6.92 Å². The standard InChI is InChI=1S/C25H28N6O/c1-17-7-4-8-20(27-17)25-24(22-9-5-13-31(22)29-25)18-10-11-19-21(15-18)28-23(16-26-19)32-14-6-12-30(2)3/h4,7-8,10-11,15-16H,5-6,9,12-14H2,1-3H3. The second kappa shape index (κ2) is 8.67. The number of aromatic nitrogens is 5. The second-order valence-corrected chi connectivity index (χ2v) is 8.58. The molecule has 4 heterocycles. The van der Waals surface area contributed by atoms with E-state index in [1.54, 1.807) is 6.20 Å². The van der Waals surface area contributed by atoms with E-state index in [9.17, 15) is 0 Å². The highest BCUT2D eigenvalue weighted by Crippen LogP contribution is 2.37. The molecule has 1 aliphatic heterocycles. The van der Waals surface area contributed by atoms with Crippen molar-refractivity contribution >= 4 is 11.0 Å². The largest absolute Gasteiger partial charge is 0.477 e. The average molecular weight is 429 g/mol. The van der Waals surface area contributed by atoms with Crippen LogP contribution in [0.25, 0.3) is 33.5 Å². The zero-order chi connectivity index (χ0) is 22.1. The topological polar surface area (TPSA) is 69.0 Å². The van der Waals surface area contributed by atoms with E-state index in [-0.39, 0.29) is 0 Å². The zero-order valence-electron chi connectivity index (χ0n) is 18.9. The van der Waals surface area contributed by atoms with Gasteiger partial charge in [0.15, 0.2) is 0 Å². The van der Waals surface area contributed by atoms with Crippen molar-refractivity contribution in [3.63, 3.8) is 0 Å². The lowest BCUT2D eigenvalue weighted by atomic mass is 9.99. The highest BCUT2D eigenvalue weighted by atomic mass is 16.5. The van der Waals surface area contributed by atoms with Gasteiger partial charge in [-0.05, 0) is 70.1 Å². The molecule has 0 spiro atoms. The molecular weight excluding hydrogens is 400 g/mol. The minimum Gasteiger partial charge on any atom is -0.477 e. The van der Waals surface area contributed by atoms with E-state index in [2.05, 4.69) is 40.8 Å². The summed E-state index contributed by atoms with van der Waals surface area (Å²) in [4.78, 5) is 16.2. The van der Waals surface area contributed by atoms with E-state index in [1.807, 2.05) is 31.2 Å². The predicted octanol–water partition coefficient (Wildman–Crippen LogP) is 4.14. The number of aryl methyl sites for hydroxylation is 2. The molecule has 1 aliphatic rings. The van der Waals surface area contributed by atoms with Gasteiger partial charge < -0.3 is 9.64 Å². The van der Waals surface area contributed by atoms with Crippen LogP contribution >= 0.6 is 0 Å². The first-order chi connectivity index (χ1) is 15.6. The van der Waals surface area contributed by atoms with Gasteiger partial charge in [-0.1, -0.05) is 12.1 Å². The van der Waals surface area contributed by atoms with Crippen molar-refractivity contribution in [2.75, 3.05) is 27.2 Å². The Hall–Kier alpha value is -3.32. The lowest BCUT2D eigenvalue weighted by molar-refractivity contribution is 0.273. The van der Waals surface area contributed by atoms with E-state index in [4.69, 9.17) is 19.8 Å². The van der Waals surface area contributed by atoms with Crippen LogP contribution in [-0.4, -0.2) is 56.9 Å². The maximum Gasteiger partial charge on any atom is 0.232 e. The normalized spacial score (nSPS) is 13.1. The van der Waals surface area contributed by atoms with Crippen LogP contribution in [0.1, 0.15) is 24.2 Å². The Bertz CT molecular complexity index is 1260. The third-order valence-corrected chi connectivity index (χ3v) is 5.78. The first-order valence-electron chi connectivity index (χ1n) is 11.2. The minimum absolute atomic E-state index is 0.564. The molecule has 0 fully saturated rings. The first kappa shape index (κ1) is 20.6. The van der Waals surface area contributed by atoms with Gasteiger partial charge in [0.2, 0.25) is 5.88 Å². The molecule has 0 bridgehead atoms. The number of hydrogen-bond donors (Lipinski definition) is 0. The van der Waals surface area contributed by atoms with Gasteiger partial charge in [0.05, 0.1) is 29.5 Å². The summed E-state index contributed by atoms with van der Waals surface area (Å²) in [6.45, 7) is 4.57. The molecule has 1 aromatic carbocycles. The van der Waals surface area contributed by atoms with Crippen LogP contribution in [0.15, 0.2) is 42.6 Å². The molecule has 0 radical (unpaired) electrons. The Labute approximate surface area is 188 Å². The highest BCUT2D eigenvalue weighted by Gasteiger charge is 2.24. The van der Waals surface area contributed by atoms with Gasteiger partial charge in [-0.15, -0.1) is 0 Å². The van der Waals surface area contributed by atoms with Gasteiger partial charge in [0, 0.05) is 30.0 Å². The van der Waals surface area contributed by atoms with Crippen LogP contribution in [0.2, 0.25) is 0 Å². The molecule has 0 atom stereocenters. The van der Waals surface area contributed by atoms with E-state index in [0.29, 0.717) is 12.5 Å². The van der Waals surface area contributed by atoms with Crippen LogP contribution < -0.4 is 4.74 Å². The SMILES string of the molecule is Cc1cccc(-c2nn3c(c2-c2ccc4ncc(OCCCN(C)C)nc4c2)CCC3)n1. The Kier molecular flexibility index (Phi) is 5.57. The molecule has 0 aliphatic carbocycles. The summed E-state index contributed by atoms with van der Waals surface area (Å²) in [5.41, 5.74) is 8.04. The summed E-state index contributed by atoms with van der Waals surface area (Å²) in [7, 11) is 4.12. The highest BCUT2D eigenvalue weighted by molar-refractivity contribution is 5.87. The second-order valence-electron chi connectivity index (χ2n) is 8.58. The molecule has 7 heteroatoms. The Balaban J connectivity index is 1.52. The van der Waals surface area contributed by atoms with Gasteiger partial charge in [-0.25, -0.2) is 9.97 Å². The van der Waals surface area contributed by atoms with Crippen molar-refractivity contribution in [2.45, 2.75) is 32.7 Å². The fourth-order valence-electron chi connectivity index (χ4n) is 4.27. The van der Waals surface area contributed by atoms with E-state index >= 15 is 0 Å². The average Bonchev–Trinajstić information content (AvgIpc) is 3.37. The molecule has 0 unspecified atom stereocenters. The fourth-order valence-corrected chi connectivity index (χ4v) is 4.27. The van der Waals surface area contributed by atoms with E-state index in [0.717, 1.165) is 71.6 Å². The Morgan fingerprint density at radius 1 is 1.09 bits per heavy atom. The van der Waals surface area contributed by atoms with Crippen LogP contribution in [0.4, 0.5) is 0 Å². The predicted molar refractivity (Wildman–Crippen MR) is 126 cm³/mol. The monoisotopic (exact) mass is 428 g/mol. The van der Waals surface area contributed by atoms with Crippen molar-refractivity contribution in [2.24, 2.45) is 0 Å². The number of benzene rings is 1. The molecule has 3 aromatic heterocycles. The summed E-state index contributed by atoms with van der Waals surface area (Å²) in [6, 6.07) is 12.3. The molecule has 0 saturated carbocycles. The van der Waals surface area contributed by atoms with Crippen LogP contribution in [0.3, 0.4) is 0 Å². The van der Waals surface area contributed by atoms with Crippen LogP contribution in [-0.2, 0) is 13.0 Å². The molecule has 32 heavy (non-hydrogen) atoms. The number of ether oxygens (including phenoxy) is 1. The summed E-state index contributed by atoms with van der Waals surface area (Å²) in [5.74, 6) is 0.564. The quantitative estimate of drug-likeness (QED) is 0.412. The van der Waals surface area contributed by atoms with Crippen molar-refractivity contribution in [3.8, 4) is 28.4 Å². The number of pyridine rings is 1. The summed E-state index contributed by atoms with van der Waals surface area (Å²) in [6.07, 6.45) is 4.79. The Morgan fingerprint density at radius 3 is 2.84 bits per heavy atom. The van der Waals surface area contributed by atoms with Gasteiger partial charge in [0.1, 0.15) is 5.69 Å². The van der Waals surface area contributed by atoms with Gasteiger partial charge in [0.25, 0.3) is 0 Å². The number of nitrogens with zero attached hydrogens (tertiary/aromatic N) is 6. The molecule has 0 N–H and O–H groups in total. The fraction of sp³-hybridized carbons (Fsp3) is 0.360. The number of hydrogen-bond acceptors (Lipinski definition) is 6. The molecular formula is C25H28N6O. The molecule has 4 aromatic rings. The molecule has 5 rings (SSSR count). The molecule has 0 amide bonds. The van der Waals surface area contributed by atoms with Gasteiger partial charge >= 0.3 is 0 Å². The lowest BCUT2D eigenvalue weighted by Gasteiger charge is -2.10. The van der Waals surface area contributed by atoms with E-state index in [1.165, 1.54) is 5.69 Å². The van der Waals surface area contributed by atoms with Crippen LogP contribution in [0.5, 0.6) is 5.88 Å². The maximum atomic E-state index is 5.85. The lowest BCUT2D eigenvalue weighted by Crippen LogP contribution is -2.15. The number of fused-ring (bicyclic) bond motifs is 2. The summed E-state index contributed by atoms with van der Waals surface area (Å²) < 4.78 is 7.98. The summed E-state index contributed by atoms with van der Waals surface area (Å²) in [5, 5.41) is 4.93. The molecule has 7 nitrogen and oxygen atoms in total. The van der Waals surface area contributed by atoms with Crippen molar-refractivity contribution in [1.82, 2.24) is 29.6 Å². The zero-order valence-corrected chi connectivity index (χ0v) is 18.9. The van der Waals surface area contributed by atoms with Crippen molar-refractivity contribution in [1.29, 1.82) is 0 Å². The minimum atomic E-state index is 0.564. The summed E-state index contributed by atoms with van der Waals surface area (Å²) >= 11 is 0.